The van der Waals surface area contributed by atoms with E-state index in [1.165, 1.54) is 6.42 Å². The van der Waals surface area contributed by atoms with Crippen molar-refractivity contribution in [1.29, 1.82) is 0 Å². The number of ether oxygens (including phenoxy) is 2. The Labute approximate surface area is 92.2 Å². The molecular formula is C11H24O4. The van der Waals surface area contributed by atoms with Gasteiger partial charge in [-0.2, -0.15) is 0 Å². The third-order valence-corrected chi connectivity index (χ3v) is 2.06. The predicted octanol–water partition coefficient (Wildman–Crippen LogP) is 0.953. The smallest absolute Gasteiger partial charge is 0.0773 e. The summed E-state index contributed by atoms with van der Waals surface area (Å²) in [4.78, 5) is 0. The molecule has 4 nitrogen and oxygen atoms in total. The van der Waals surface area contributed by atoms with E-state index in [9.17, 15) is 5.11 Å². The highest BCUT2D eigenvalue weighted by atomic mass is 16.5. The fourth-order valence-corrected chi connectivity index (χ4v) is 1.22. The number of rotatable bonds is 11. The van der Waals surface area contributed by atoms with Crippen LogP contribution in [-0.2, 0) is 9.47 Å². The number of unbranched alkanes of at least 4 members (excludes halogenated alkanes) is 2. The molecule has 0 fully saturated rings. The molecule has 1 unspecified atom stereocenters. The van der Waals surface area contributed by atoms with Crippen LogP contribution in [0.1, 0.15) is 32.6 Å². The van der Waals surface area contributed by atoms with Crippen molar-refractivity contribution in [3.63, 3.8) is 0 Å². The summed E-state index contributed by atoms with van der Waals surface area (Å²) >= 11 is 0. The van der Waals surface area contributed by atoms with E-state index in [1.54, 1.807) is 0 Å². The van der Waals surface area contributed by atoms with Crippen molar-refractivity contribution in [3.8, 4) is 0 Å². The minimum absolute atomic E-state index is 0.0413. The van der Waals surface area contributed by atoms with Crippen LogP contribution in [0.2, 0.25) is 0 Å². The average Bonchev–Trinajstić information content (AvgIpc) is 2.23. The Morgan fingerprint density at radius 3 is 2.47 bits per heavy atom. The quantitative estimate of drug-likeness (QED) is 0.509. The molecule has 0 aromatic heterocycles. The average molecular weight is 220 g/mol. The molecule has 2 N–H and O–H groups in total. The van der Waals surface area contributed by atoms with Gasteiger partial charge < -0.3 is 19.7 Å². The molecule has 92 valence electrons. The third-order valence-electron chi connectivity index (χ3n) is 2.06. The standard InChI is InChI=1S/C11H24O4/c1-2-3-4-5-11(13)10-15-9-8-14-7-6-12/h11-13H,2-10H2,1H3. The van der Waals surface area contributed by atoms with Gasteiger partial charge in [0, 0.05) is 0 Å². The van der Waals surface area contributed by atoms with Gasteiger partial charge in [0.05, 0.1) is 39.1 Å². The van der Waals surface area contributed by atoms with E-state index < -0.39 is 0 Å². The minimum atomic E-state index is -0.352. The van der Waals surface area contributed by atoms with Crippen molar-refractivity contribution in [3.05, 3.63) is 0 Å². The summed E-state index contributed by atoms with van der Waals surface area (Å²) in [6, 6.07) is 0. The fraction of sp³-hybridized carbons (Fsp3) is 1.00. The fourth-order valence-electron chi connectivity index (χ4n) is 1.22. The Bertz CT molecular complexity index is 119. The zero-order valence-corrected chi connectivity index (χ0v) is 9.65. The van der Waals surface area contributed by atoms with Crippen LogP contribution in [0.5, 0.6) is 0 Å². The van der Waals surface area contributed by atoms with Gasteiger partial charge in [-0.15, -0.1) is 0 Å². The molecule has 0 aliphatic heterocycles. The first-order valence-electron chi connectivity index (χ1n) is 5.75. The maximum atomic E-state index is 9.47. The minimum Gasteiger partial charge on any atom is -0.394 e. The van der Waals surface area contributed by atoms with E-state index in [2.05, 4.69) is 6.92 Å². The molecule has 0 heterocycles. The summed E-state index contributed by atoms with van der Waals surface area (Å²) in [6.45, 7) is 3.86. The second-order valence-corrected chi connectivity index (χ2v) is 3.56. The van der Waals surface area contributed by atoms with E-state index in [0.717, 1.165) is 19.3 Å². The highest BCUT2D eigenvalue weighted by Gasteiger charge is 2.03. The van der Waals surface area contributed by atoms with Crippen LogP contribution in [0, 0.1) is 0 Å². The molecule has 0 amide bonds. The van der Waals surface area contributed by atoms with Crippen molar-refractivity contribution < 1.29 is 19.7 Å². The molecule has 0 rings (SSSR count). The maximum Gasteiger partial charge on any atom is 0.0773 e. The molecule has 0 saturated heterocycles. The molecule has 1 atom stereocenters. The lowest BCUT2D eigenvalue weighted by Crippen LogP contribution is -2.17. The molecule has 0 aromatic rings. The zero-order valence-electron chi connectivity index (χ0n) is 9.65. The SMILES string of the molecule is CCCCCC(O)COCCOCCO. The van der Waals surface area contributed by atoms with Crippen LogP contribution >= 0.6 is 0 Å². The van der Waals surface area contributed by atoms with Gasteiger partial charge >= 0.3 is 0 Å². The topological polar surface area (TPSA) is 58.9 Å². The normalized spacial score (nSPS) is 13.0. The highest BCUT2D eigenvalue weighted by Crippen LogP contribution is 2.03. The van der Waals surface area contributed by atoms with Gasteiger partial charge in [0.1, 0.15) is 0 Å². The predicted molar refractivity (Wildman–Crippen MR) is 58.9 cm³/mol. The lowest BCUT2D eigenvalue weighted by Gasteiger charge is -2.10. The first-order valence-corrected chi connectivity index (χ1v) is 5.75. The van der Waals surface area contributed by atoms with Gasteiger partial charge in [0.25, 0.3) is 0 Å². The third kappa shape index (κ3) is 11.8. The summed E-state index contributed by atoms with van der Waals surface area (Å²) in [5.41, 5.74) is 0. The molecule has 0 aliphatic carbocycles. The van der Waals surface area contributed by atoms with E-state index in [0.29, 0.717) is 26.4 Å². The van der Waals surface area contributed by atoms with Gasteiger partial charge in [0.2, 0.25) is 0 Å². The lowest BCUT2D eigenvalue weighted by atomic mass is 10.1. The largest absolute Gasteiger partial charge is 0.394 e. The van der Waals surface area contributed by atoms with E-state index in [4.69, 9.17) is 14.6 Å². The first-order chi connectivity index (χ1) is 7.31. The summed E-state index contributed by atoms with van der Waals surface area (Å²) in [5.74, 6) is 0. The molecule has 0 aliphatic rings. The Kier molecular flexibility index (Phi) is 11.8. The van der Waals surface area contributed by atoms with Crippen molar-refractivity contribution in [2.45, 2.75) is 38.7 Å². The summed E-state index contributed by atoms with van der Waals surface area (Å²) < 4.78 is 10.2. The van der Waals surface area contributed by atoms with Crippen LogP contribution in [0.15, 0.2) is 0 Å². The molecule has 0 saturated carbocycles. The van der Waals surface area contributed by atoms with Gasteiger partial charge in [-0.3, -0.25) is 0 Å². The summed E-state index contributed by atoms with van der Waals surface area (Å²) in [7, 11) is 0. The number of hydrogen-bond donors (Lipinski definition) is 2. The van der Waals surface area contributed by atoms with Crippen molar-refractivity contribution in [2.24, 2.45) is 0 Å². The van der Waals surface area contributed by atoms with Crippen molar-refractivity contribution in [1.82, 2.24) is 0 Å². The monoisotopic (exact) mass is 220 g/mol. The van der Waals surface area contributed by atoms with Crippen LogP contribution in [0.4, 0.5) is 0 Å². The highest BCUT2D eigenvalue weighted by molar-refractivity contribution is 4.53. The molecule has 4 heteroatoms. The number of hydrogen-bond acceptors (Lipinski definition) is 4. The van der Waals surface area contributed by atoms with Crippen LogP contribution in [-0.4, -0.2) is 49.4 Å². The Morgan fingerprint density at radius 1 is 1.07 bits per heavy atom. The number of aliphatic hydroxyl groups excluding tert-OH is 2. The van der Waals surface area contributed by atoms with E-state index in [1.807, 2.05) is 0 Å². The Hall–Kier alpha value is -0.160. The maximum absolute atomic E-state index is 9.47. The van der Waals surface area contributed by atoms with E-state index >= 15 is 0 Å². The van der Waals surface area contributed by atoms with Gasteiger partial charge in [-0.1, -0.05) is 26.2 Å². The second-order valence-electron chi connectivity index (χ2n) is 3.56. The molecule has 0 radical (unpaired) electrons. The molecule has 0 spiro atoms. The molecule has 0 aromatic carbocycles. The first kappa shape index (κ1) is 14.8. The van der Waals surface area contributed by atoms with Gasteiger partial charge in [-0.25, -0.2) is 0 Å². The van der Waals surface area contributed by atoms with Crippen molar-refractivity contribution in [2.75, 3.05) is 33.0 Å². The summed E-state index contributed by atoms with van der Waals surface area (Å²) in [5, 5.41) is 17.9. The molecule has 0 bridgehead atoms. The second kappa shape index (κ2) is 11.9. The molecular weight excluding hydrogens is 196 g/mol. The van der Waals surface area contributed by atoms with Crippen LogP contribution in [0.3, 0.4) is 0 Å². The van der Waals surface area contributed by atoms with Gasteiger partial charge in [-0.05, 0) is 6.42 Å². The summed E-state index contributed by atoms with van der Waals surface area (Å²) in [6.07, 6.45) is 3.85. The lowest BCUT2D eigenvalue weighted by molar-refractivity contribution is -0.00462. The van der Waals surface area contributed by atoms with E-state index in [-0.39, 0.29) is 12.7 Å². The zero-order chi connectivity index (χ0) is 11.4. The Morgan fingerprint density at radius 2 is 1.80 bits per heavy atom. The number of aliphatic hydroxyl groups is 2. The Balaban J connectivity index is 3.06. The van der Waals surface area contributed by atoms with Crippen LogP contribution < -0.4 is 0 Å². The van der Waals surface area contributed by atoms with Gasteiger partial charge in [0.15, 0.2) is 0 Å². The van der Waals surface area contributed by atoms with Crippen molar-refractivity contribution >= 4 is 0 Å². The van der Waals surface area contributed by atoms with Crippen LogP contribution in [0.25, 0.3) is 0 Å². The molecule has 15 heavy (non-hydrogen) atoms.